The number of carbonyl (C=O) groups excluding carboxylic acids is 1. The summed E-state index contributed by atoms with van der Waals surface area (Å²) in [5.41, 5.74) is 1.25. The quantitative estimate of drug-likeness (QED) is 0.847. The number of nitrogens with zero attached hydrogens (tertiary/aromatic N) is 2. The van der Waals surface area contributed by atoms with Crippen molar-refractivity contribution in [2.75, 3.05) is 22.8 Å². The van der Waals surface area contributed by atoms with Crippen LogP contribution in [0.1, 0.15) is 5.56 Å². The number of hydrogen-bond donors (Lipinski definition) is 0. The maximum atomic E-state index is 13.3. The zero-order chi connectivity index (χ0) is 16.8. The second kappa shape index (κ2) is 5.34. The van der Waals surface area contributed by atoms with E-state index in [-0.39, 0.29) is 17.3 Å². The third-order valence-electron chi connectivity index (χ3n) is 3.87. The fraction of sp³-hybridized carbons (Fsp3) is 0.188. The largest absolute Gasteiger partial charge is 0.312 e. The van der Waals surface area contributed by atoms with Crippen molar-refractivity contribution in [3.8, 4) is 0 Å². The first-order valence-electron chi connectivity index (χ1n) is 6.97. The number of carbonyl (C=O) groups is 1. The normalized spacial score (nSPS) is 14.8. The summed E-state index contributed by atoms with van der Waals surface area (Å²) in [6.07, 6.45) is 0. The average molecular weight is 334 g/mol. The molecule has 0 fully saturated rings. The lowest BCUT2D eigenvalue weighted by Gasteiger charge is -2.34. The molecule has 0 unspecified atom stereocenters. The lowest BCUT2D eigenvalue weighted by atomic mass is 10.2. The van der Waals surface area contributed by atoms with Crippen LogP contribution in [0, 0.1) is 12.7 Å². The summed E-state index contributed by atoms with van der Waals surface area (Å²) in [5.74, 6) is -0.830. The van der Waals surface area contributed by atoms with Crippen LogP contribution in [0.2, 0.25) is 0 Å². The molecule has 0 saturated heterocycles. The summed E-state index contributed by atoms with van der Waals surface area (Å²) >= 11 is 0. The van der Waals surface area contributed by atoms with Crippen LogP contribution >= 0.6 is 0 Å². The van der Waals surface area contributed by atoms with Gasteiger partial charge >= 0.3 is 0 Å². The first-order chi connectivity index (χ1) is 10.8. The Balaban J connectivity index is 2.17. The highest BCUT2D eigenvalue weighted by Crippen LogP contribution is 2.36. The first-order valence-corrected chi connectivity index (χ1v) is 8.41. The van der Waals surface area contributed by atoms with E-state index in [9.17, 15) is 17.6 Å². The fourth-order valence-corrected chi connectivity index (χ4v) is 4.28. The minimum atomic E-state index is -3.96. The standard InChI is InChI=1S/C16H15FN2O3S/c1-11-9-12(17)7-8-15(11)23(21,22)19-10-16(20)18(2)13-5-3-4-6-14(13)19/h3-9H,10H2,1-2H3. The molecule has 0 atom stereocenters. The molecule has 3 rings (SSSR count). The Hall–Kier alpha value is -2.41. The lowest BCUT2D eigenvalue weighted by molar-refractivity contribution is -0.117. The number of likely N-dealkylation sites (N-methyl/N-ethyl adjacent to an activating group) is 1. The van der Waals surface area contributed by atoms with E-state index in [0.29, 0.717) is 16.9 Å². The Kier molecular flexibility index (Phi) is 3.60. The van der Waals surface area contributed by atoms with Gasteiger partial charge in [-0.3, -0.25) is 9.10 Å². The van der Waals surface area contributed by atoms with E-state index in [1.807, 2.05) is 0 Å². The molecule has 0 N–H and O–H groups in total. The van der Waals surface area contributed by atoms with Gasteiger partial charge < -0.3 is 4.90 Å². The van der Waals surface area contributed by atoms with E-state index in [4.69, 9.17) is 0 Å². The van der Waals surface area contributed by atoms with Gasteiger partial charge in [-0.05, 0) is 42.8 Å². The van der Waals surface area contributed by atoms with Crippen molar-refractivity contribution in [3.05, 3.63) is 53.8 Å². The monoisotopic (exact) mass is 334 g/mol. The number of para-hydroxylation sites is 2. The van der Waals surface area contributed by atoms with Crippen LogP contribution in [0.4, 0.5) is 15.8 Å². The van der Waals surface area contributed by atoms with Crippen molar-refractivity contribution in [1.29, 1.82) is 0 Å². The minimum absolute atomic E-state index is 0.00828. The van der Waals surface area contributed by atoms with Crippen LogP contribution in [0.15, 0.2) is 47.4 Å². The van der Waals surface area contributed by atoms with Crippen molar-refractivity contribution in [3.63, 3.8) is 0 Å². The molecular formula is C16H15FN2O3S. The molecule has 0 aromatic heterocycles. The maximum absolute atomic E-state index is 13.3. The number of amides is 1. The molecule has 0 saturated carbocycles. The van der Waals surface area contributed by atoms with Gasteiger partial charge in [-0.1, -0.05) is 12.1 Å². The summed E-state index contributed by atoms with van der Waals surface area (Å²) in [6, 6.07) is 10.3. The Morgan fingerprint density at radius 3 is 2.39 bits per heavy atom. The molecule has 7 heteroatoms. The van der Waals surface area contributed by atoms with Gasteiger partial charge in [0.1, 0.15) is 12.4 Å². The number of fused-ring (bicyclic) bond motifs is 1. The first kappa shape index (κ1) is 15.5. The van der Waals surface area contributed by atoms with E-state index in [1.165, 1.54) is 17.9 Å². The highest BCUT2D eigenvalue weighted by molar-refractivity contribution is 7.93. The van der Waals surface area contributed by atoms with Gasteiger partial charge in [0.25, 0.3) is 10.0 Å². The second-order valence-electron chi connectivity index (χ2n) is 5.36. The Morgan fingerprint density at radius 1 is 1.09 bits per heavy atom. The zero-order valence-corrected chi connectivity index (χ0v) is 13.5. The van der Waals surface area contributed by atoms with E-state index >= 15 is 0 Å². The average Bonchev–Trinajstić information content (AvgIpc) is 2.50. The highest BCUT2D eigenvalue weighted by atomic mass is 32.2. The summed E-state index contributed by atoms with van der Waals surface area (Å²) < 4.78 is 40.3. The van der Waals surface area contributed by atoms with Gasteiger partial charge in [0.05, 0.1) is 16.3 Å². The summed E-state index contributed by atoms with van der Waals surface area (Å²) in [7, 11) is -2.35. The smallest absolute Gasteiger partial charge is 0.265 e. The van der Waals surface area contributed by atoms with Crippen LogP contribution in [-0.4, -0.2) is 27.9 Å². The van der Waals surface area contributed by atoms with Crippen LogP contribution in [0.25, 0.3) is 0 Å². The topological polar surface area (TPSA) is 57.7 Å². The second-order valence-corrected chi connectivity index (χ2v) is 7.19. The SMILES string of the molecule is Cc1cc(F)ccc1S(=O)(=O)N1CC(=O)N(C)c2ccccc21. The van der Waals surface area contributed by atoms with Crippen LogP contribution in [0.3, 0.4) is 0 Å². The molecule has 0 bridgehead atoms. The van der Waals surface area contributed by atoms with Gasteiger partial charge in [-0.25, -0.2) is 12.8 Å². The van der Waals surface area contributed by atoms with E-state index in [2.05, 4.69) is 0 Å². The van der Waals surface area contributed by atoms with Crippen molar-refractivity contribution < 1.29 is 17.6 Å². The number of benzene rings is 2. The molecule has 120 valence electrons. The van der Waals surface area contributed by atoms with Gasteiger partial charge in [0, 0.05) is 7.05 Å². The number of hydrogen-bond acceptors (Lipinski definition) is 3. The third-order valence-corrected chi connectivity index (χ3v) is 5.79. The number of aryl methyl sites for hydroxylation is 1. The predicted molar refractivity (Wildman–Crippen MR) is 85.5 cm³/mol. The van der Waals surface area contributed by atoms with E-state index in [0.717, 1.165) is 16.4 Å². The molecule has 0 aliphatic carbocycles. The van der Waals surface area contributed by atoms with Gasteiger partial charge in [-0.2, -0.15) is 0 Å². The van der Waals surface area contributed by atoms with Gasteiger partial charge in [0.15, 0.2) is 0 Å². The summed E-state index contributed by atoms with van der Waals surface area (Å²) in [5, 5.41) is 0. The number of rotatable bonds is 2. The Labute approximate surface area is 134 Å². The lowest BCUT2D eigenvalue weighted by Crippen LogP contribution is -2.46. The van der Waals surface area contributed by atoms with Crippen molar-refractivity contribution >= 4 is 27.3 Å². The summed E-state index contributed by atoms with van der Waals surface area (Å²) in [6.45, 7) is 1.24. The predicted octanol–water partition coefficient (Wildman–Crippen LogP) is 2.31. The molecule has 1 aliphatic rings. The van der Waals surface area contributed by atoms with Crippen molar-refractivity contribution in [2.45, 2.75) is 11.8 Å². The van der Waals surface area contributed by atoms with Crippen LogP contribution < -0.4 is 9.21 Å². The fourth-order valence-electron chi connectivity index (χ4n) is 2.64. The Morgan fingerprint density at radius 2 is 1.74 bits per heavy atom. The molecule has 0 spiro atoms. The maximum Gasteiger partial charge on any atom is 0.265 e. The molecule has 23 heavy (non-hydrogen) atoms. The minimum Gasteiger partial charge on any atom is -0.312 e. The Bertz CT molecular complexity index is 896. The molecule has 2 aromatic carbocycles. The third kappa shape index (κ3) is 2.46. The molecule has 5 nitrogen and oxygen atoms in total. The van der Waals surface area contributed by atoms with E-state index < -0.39 is 15.8 Å². The van der Waals surface area contributed by atoms with Crippen molar-refractivity contribution in [2.24, 2.45) is 0 Å². The van der Waals surface area contributed by atoms with Crippen LogP contribution in [0.5, 0.6) is 0 Å². The van der Waals surface area contributed by atoms with Gasteiger partial charge in [0.2, 0.25) is 5.91 Å². The number of halogens is 1. The zero-order valence-electron chi connectivity index (χ0n) is 12.7. The molecule has 2 aromatic rings. The molecule has 1 amide bonds. The van der Waals surface area contributed by atoms with Crippen LogP contribution in [-0.2, 0) is 14.8 Å². The molecular weight excluding hydrogens is 319 g/mol. The number of sulfonamides is 1. The molecule has 1 heterocycles. The van der Waals surface area contributed by atoms with Gasteiger partial charge in [-0.15, -0.1) is 0 Å². The van der Waals surface area contributed by atoms with Crippen molar-refractivity contribution in [1.82, 2.24) is 0 Å². The number of anilines is 2. The molecule has 1 aliphatic heterocycles. The summed E-state index contributed by atoms with van der Waals surface area (Å²) in [4.78, 5) is 13.6. The highest BCUT2D eigenvalue weighted by Gasteiger charge is 2.35. The molecule has 0 radical (unpaired) electrons. The van der Waals surface area contributed by atoms with E-state index in [1.54, 1.807) is 31.3 Å².